The van der Waals surface area contributed by atoms with E-state index in [9.17, 15) is 9.90 Å². The van der Waals surface area contributed by atoms with E-state index in [-0.39, 0.29) is 18.8 Å². The van der Waals surface area contributed by atoms with Gasteiger partial charge in [-0.2, -0.15) is 0 Å². The van der Waals surface area contributed by atoms with Crippen LogP contribution in [0.3, 0.4) is 0 Å². The molecule has 0 aliphatic carbocycles. The highest BCUT2D eigenvalue weighted by molar-refractivity contribution is 5.78. The molecule has 3 rings (SSSR count). The zero-order valence-electron chi connectivity index (χ0n) is 9.61. The highest BCUT2D eigenvalue weighted by Crippen LogP contribution is 2.26. The van der Waals surface area contributed by atoms with E-state index in [1.54, 1.807) is 12.4 Å². The minimum atomic E-state index is -0.749. The van der Waals surface area contributed by atoms with Crippen LogP contribution in [0.25, 0.3) is 0 Å². The quantitative estimate of drug-likeness (QED) is 0.496. The van der Waals surface area contributed by atoms with E-state index in [1.165, 1.54) is 4.90 Å². The van der Waals surface area contributed by atoms with Crippen molar-refractivity contribution in [2.24, 2.45) is 0 Å². The summed E-state index contributed by atoms with van der Waals surface area (Å²) >= 11 is 0. The van der Waals surface area contributed by atoms with E-state index < -0.39 is 18.4 Å². The summed E-state index contributed by atoms with van der Waals surface area (Å²) in [4.78, 5) is 13.3. The van der Waals surface area contributed by atoms with Gasteiger partial charge in [0.15, 0.2) is 0 Å². The van der Waals surface area contributed by atoms with Crippen LogP contribution in [0.15, 0.2) is 24.0 Å². The summed E-state index contributed by atoms with van der Waals surface area (Å²) in [5.41, 5.74) is 0.931. The molecular formula is C11H15N3O4. The van der Waals surface area contributed by atoms with Gasteiger partial charge in [-0.1, -0.05) is 0 Å². The fourth-order valence-corrected chi connectivity index (χ4v) is 2.36. The third-order valence-electron chi connectivity index (χ3n) is 3.36. The molecule has 0 bridgehead atoms. The Morgan fingerprint density at radius 2 is 2.39 bits per heavy atom. The van der Waals surface area contributed by atoms with E-state index in [2.05, 4.69) is 10.6 Å². The summed E-state index contributed by atoms with van der Waals surface area (Å²) in [6.07, 6.45) is 3.53. The molecule has 2 amide bonds. The number of hydrogen-bond donors (Lipinski definition) is 4. The number of rotatable bonds is 2. The monoisotopic (exact) mass is 253 g/mol. The average molecular weight is 253 g/mol. The van der Waals surface area contributed by atoms with Crippen molar-refractivity contribution in [2.45, 2.75) is 31.0 Å². The summed E-state index contributed by atoms with van der Waals surface area (Å²) < 4.78 is 5.46. The van der Waals surface area contributed by atoms with Crippen LogP contribution in [0.4, 0.5) is 4.79 Å². The van der Waals surface area contributed by atoms with Gasteiger partial charge < -0.3 is 25.6 Å². The van der Waals surface area contributed by atoms with Crippen LogP contribution in [-0.4, -0.2) is 52.4 Å². The minimum absolute atomic E-state index is 0.186. The van der Waals surface area contributed by atoms with E-state index >= 15 is 0 Å². The van der Waals surface area contributed by atoms with Crippen LogP contribution < -0.4 is 10.6 Å². The van der Waals surface area contributed by atoms with Crippen LogP contribution in [0.5, 0.6) is 0 Å². The van der Waals surface area contributed by atoms with E-state index in [4.69, 9.17) is 9.84 Å². The smallest absolute Gasteiger partial charge is 0.325 e. The Hall–Kier alpha value is -1.57. The second-order valence-electron chi connectivity index (χ2n) is 4.53. The van der Waals surface area contributed by atoms with Gasteiger partial charge in [0.1, 0.15) is 18.5 Å². The number of nitrogens with one attached hydrogen (secondary N) is 2. The maximum Gasteiger partial charge on any atom is 0.325 e. The highest BCUT2D eigenvalue weighted by atomic mass is 16.5. The molecule has 0 aromatic carbocycles. The van der Waals surface area contributed by atoms with Crippen LogP contribution in [0.1, 0.15) is 6.42 Å². The number of carbonyl (C=O) groups excluding carboxylic acids is 1. The van der Waals surface area contributed by atoms with Crippen molar-refractivity contribution in [3.05, 3.63) is 24.0 Å². The summed E-state index contributed by atoms with van der Waals surface area (Å²) in [6, 6.07) is -0.282. The molecular weight excluding hydrogens is 238 g/mol. The number of hydrogen-bond acceptors (Lipinski definition) is 5. The summed E-state index contributed by atoms with van der Waals surface area (Å²) in [6.45, 7) is -0.256. The van der Waals surface area contributed by atoms with Crippen molar-refractivity contribution < 1.29 is 19.7 Å². The number of aliphatic hydroxyl groups is 2. The molecule has 0 radical (unpaired) electrons. The van der Waals surface area contributed by atoms with Gasteiger partial charge in [-0.3, -0.25) is 4.90 Å². The SMILES string of the molecule is O=C1NC2NC=CC2=CN1[C@H]1CC(O)[C@@H](CO)O1. The largest absolute Gasteiger partial charge is 0.394 e. The number of ether oxygens (including phenoxy) is 1. The molecule has 3 aliphatic rings. The molecule has 0 aromatic rings. The van der Waals surface area contributed by atoms with Crippen LogP contribution in [-0.2, 0) is 4.74 Å². The van der Waals surface area contributed by atoms with Crippen molar-refractivity contribution in [2.75, 3.05) is 6.61 Å². The number of fused-ring (bicyclic) bond motifs is 1. The average Bonchev–Trinajstić information content (AvgIpc) is 2.93. The maximum atomic E-state index is 11.9. The van der Waals surface area contributed by atoms with Crippen molar-refractivity contribution >= 4 is 6.03 Å². The van der Waals surface area contributed by atoms with E-state index in [1.807, 2.05) is 6.08 Å². The molecule has 1 fully saturated rings. The molecule has 0 saturated carbocycles. The summed E-state index contributed by atoms with van der Waals surface area (Å²) in [5.74, 6) is 0. The fraction of sp³-hybridized carbons (Fsp3) is 0.545. The van der Waals surface area contributed by atoms with Gasteiger partial charge in [0.25, 0.3) is 0 Å². The third kappa shape index (κ3) is 1.76. The molecule has 3 heterocycles. The molecule has 3 aliphatic heterocycles. The van der Waals surface area contributed by atoms with Crippen molar-refractivity contribution in [1.82, 2.24) is 15.5 Å². The standard InChI is InChI=1S/C11H15N3O4/c15-5-8-7(16)3-9(18-8)14-4-6-1-2-12-10(6)13-11(14)17/h1-2,4,7-10,12,15-16H,3,5H2,(H,13,17)/t7?,8-,9-,10?/m1/s1. The van der Waals surface area contributed by atoms with Gasteiger partial charge in [-0.05, 0) is 12.3 Å². The van der Waals surface area contributed by atoms with Gasteiger partial charge in [0.2, 0.25) is 0 Å². The van der Waals surface area contributed by atoms with Crippen LogP contribution >= 0.6 is 0 Å². The van der Waals surface area contributed by atoms with Gasteiger partial charge in [-0.15, -0.1) is 0 Å². The zero-order chi connectivity index (χ0) is 12.7. The van der Waals surface area contributed by atoms with E-state index in [0.717, 1.165) is 5.57 Å². The second kappa shape index (κ2) is 4.27. The predicted octanol–water partition coefficient (Wildman–Crippen LogP) is -1.19. The zero-order valence-corrected chi connectivity index (χ0v) is 9.61. The Kier molecular flexibility index (Phi) is 2.73. The molecule has 4 N–H and O–H groups in total. The number of aliphatic hydroxyl groups excluding tert-OH is 2. The Morgan fingerprint density at radius 1 is 1.56 bits per heavy atom. The lowest BCUT2D eigenvalue weighted by Gasteiger charge is -2.32. The van der Waals surface area contributed by atoms with Crippen molar-refractivity contribution in [3.8, 4) is 0 Å². The first kappa shape index (κ1) is 11.5. The van der Waals surface area contributed by atoms with Crippen LogP contribution in [0.2, 0.25) is 0 Å². The molecule has 18 heavy (non-hydrogen) atoms. The number of nitrogens with zero attached hydrogens (tertiary/aromatic N) is 1. The molecule has 7 heteroatoms. The predicted molar refractivity (Wildman–Crippen MR) is 60.9 cm³/mol. The molecule has 0 spiro atoms. The van der Waals surface area contributed by atoms with Crippen molar-refractivity contribution in [3.63, 3.8) is 0 Å². The van der Waals surface area contributed by atoms with Gasteiger partial charge in [0.05, 0.1) is 12.7 Å². The van der Waals surface area contributed by atoms with Gasteiger partial charge >= 0.3 is 6.03 Å². The Bertz CT molecular complexity index is 423. The van der Waals surface area contributed by atoms with Crippen molar-refractivity contribution in [1.29, 1.82) is 0 Å². The van der Waals surface area contributed by atoms with Crippen LogP contribution in [0, 0.1) is 0 Å². The maximum absolute atomic E-state index is 11.9. The lowest BCUT2D eigenvalue weighted by molar-refractivity contribution is -0.0544. The Balaban J connectivity index is 1.78. The summed E-state index contributed by atoms with van der Waals surface area (Å²) in [7, 11) is 0. The lowest BCUT2D eigenvalue weighted by atomic mass is 10.1. The first-order valence-electron chi connectivity index (χ1n) is 5.86. The first-order valence-corrected chi connectivity index (χ1v) is 5.86. The second-order valence-corrected chi connectivity index (χ2v) is 4.53. The molecule has 2 unspecified atom stereocenters. The topological polar surface area (TPSA) is 94.1 Å². The highest BCUT2D eigenvalue weighted by Gasteiger charge is 2.40. The van der Waals surface area contributed by atoms with Gasteiger partial charge in [-0.25, -0.2) is 4.79 Å². The molecule has 1 saturated heterocycles. The molecule has 7 nitrogen and oxygen atoms in total. The number of amides is 2. The van der Waals surface area contributed by atoms with E-state index in [0.29, 0.717) is 6.42 Å². The minimum Gasteiger partial charge on any atom is -0.394 e. The lowest BCUT2D eigenvalue weighted by Crippen LogP contribution is -2.53. The normalized spacial score (nSPS) is 38.2. The first-order chi connectivity index (χ1) is 8.69. The molecule has 98 valence electrons. The number of carbonyl (C=O) groups is 1. The summed E-state index contributed by atoms with van der Waals surface area (Å²) in [5, 5.41) is 24.5. The Labute approximate surface area is 104 Å². The fourth-order valence-electron chi connectivity index (χ4n) is 2.36. The van der Waals surface area contributed by atoms with Gasteiger partial charge in [0, 0.05) is 18.2 Å². The third-order valence-corrected chi connectivity index (χ3v) is 3.36. The Morgan fingerprint density at radius 3 is 3.11 bits per heavy atom. The number of urea groups is 1. The molecule has 4 atom stereocenters. The molecule has 0 aromatic heterocycles.